The van der Waals surface area contributed by atoms with Gasteiger partial charge in [0.2, 0.25) is 5.91 Å². The topological polar surface area (TPSA) is 41.6 Å². The van der Waals surface area contributed by atoms with Crippen LogP contribution in [0.15, 0.2) is 0 Å². The van der Waals surface area contributed by atoms with E-state index >= 15 is 0 Å². The molecular formula is C15H28N2O2. The first-order chi connectivity index (χ1) is 9.06. The van der Waals surface area contributed by atoms with E-state index in [0.29, 0.717) is 24.2 Å². The zero-order chi connectivity index (χ0) is 13.8. The summed E-state index contributed by atoms with van der Waals surface area (Å²) >= 11 is 0. The van der Waals surface area contributed by atoms with Crippen LogP contribution < -0.4 is 5.32 Å². The molecule has 2 rings (SSSR count). The van der Waals surface area contributed by atoms with Crippen LogP contribution in [-0.4, -0.2) is 48.7 Å². The van der Waals surface area contributed by atoms with Crippen molar-refractivity contribution in [2.45, 2.75) is 64.7 Å². The lowest BCUT2D eigenvalue weighted by atomic mass is 10.0. The summed E-state index contributed by atoms with van der Waals surface area (Å²) in [5.74, 6) is 0.421. The van der Waals surface area contributed by atoms with E-state index in [0.717, 1.165) is 32.5 Å². The molecule has 2 fully saturated rings. The zero-order valence-corrected chi connectivity index (χ0v) is 12.5. The number of hydrogen-bond donors (Lipinski definition) is 1. The Hall–Kier alpha value is -0.610. The maximum absolute atomic E-state index is 11.9. The molecule has 1 N–H and O–H groups in total. The molecule has 0 bridgehead atoms. The molecule has 0 aromatic rings. The van der Waals surface area contributed by atoms with Crippen LogP contribution >= 0.6 is 0 Å². The Balaban J connectivity index is 1.65. The summed E-state index contributed by atoms with van der Waals surface area (Å²) in [6, 6.07) is 0.552. The third kappa shape index (κ3) is 4.18. The zero-order valence-electron chi connectivity index (χ0n) is 12.5. The fraction of sp³-hybridized carbons (Fsp3) is 0.933. The van der Waals surface area contributed by atoms with E-state index in [9.17, 15) is 4.79 Å². The molecular weight excluding hydrogens is 240 g/mol. The van der Waals surface area contributed by atoms with Gasteiger partial charge in [0.15, 0.2) is 0 Å². The molecule has 0 aliphatic carbocycles. The van der Waals surface area contributed by atoms with E-state index in [1.54, 1.807) is 0 Å². The van der Waals surface area contributed by atoms with Crippen molar-refractivity contribution in [2.75, 3.05) is 19.6 Å². The van der Waals surface area contributed by atoms with Crippen LogP contribution in [0.1, 0.15) is 46.5 Å². The number of nitrogens with one attached hydrogen (secondary N) is 1. The minimum absolute atomic E-state index is 0.123. The number of hydrogen-bond acceptors (Lipinski definition) is 3. The average Bonchev–Trinajstić information content (AvgIpc) is 2.82. The molecule has 0 saturated carbocycles. The SMILES string of the molecule is CC1CCC(CNC2CCN(C(=O)C(C)C)CC2)O1. The summed E-state index contributed by atoms with van der Waals surface area (Å²) in [6.07, 6.45) is 5.33. The highest BCUT2D eigenvalue weighted by molar-refractivity contribution is 5.78. The number of likely N-dealkylation sites (tertiary alicyclic amines) is 1. The molecule has 2 aliphatic rings. The highest BCUT2D eigenvalue weighted by Crippen LogP contribution is 2.19. The van der Waals surface area contributed by atoms with Gasteiger partial charge in [-0.25, -0.2) is 0 Å². The van der Waals surface area contributed by atoms with Crippen molar-refractivity contribution in [3.8, 4) is 0 Å². The number of piperidine rings is 1. The molecule has 110 valence electrons. The van der Waals surface area contributed by atoms with Gasteiger partial charge in [-0.2, -0.15) is 0 Å². The molecule has 2 saturated heterocycles. The summed E-state index contributed by atoms with van der Waals surface area (Å²) in [4.78, 5) is 13.9. The Morgan fingerprint density at radius 3 is 2.47 bits per heavy atom. The quantitative estimate of drug-likeness (QED) is 0.845. The maximum atomic E-state index is 11.9. The van der Waals surface area contributed by atoms with Crippen molar-refractivity contribution in [3.05, 3.63) is 0 Å². The number of rotatable bonds is 4. The van der Waals surface area contributed by atoms with Crippen LogP contribution in [0, 0.1) is 5.92 Å². The largest absolute Gasteiger partial charge is 0.374 e. The van der Waals surface area contributed by atoms with Crippen LogP contribution in [0.3, 0.4) is 0 Å². The Kier molecular flexibility index (Phi) is 5.22. The normalized spacial score (nSPS) is 29.2. The number of nitrogens with zero attached hydrogens (tertiary/aromatic N) is 1. The Morgan fingerprint density at radius 2 is 1.95 bits per heavy atom. The fourth-order valence-electron chi connectivity index (χ4n) is 3.00. The lowest BCUT2D eigenvalue weighted by molar-refractivity contribution is -0.135. The van der Waals surface area contributed by atoms with E-state index in [2.05, 4.69) is 12.2 Å². The minimum Gasteiger partial charge on any atom is -0.374 e. The first-order valence-electron chi connectivity index (χ1n) is 7.74. The molecule has 4 nitrogen and oxygen atoms in total. The van der Waals surface area contributed by atoms with E-state index in [1.807, 2.05) is 18.7 Å². The number of amides is 1. The second-order valence-electron chi connectivity index (χ2n) is 6.31. The molecule has 2 atom stereocenters. The predicted octanol–water partition coefficient (Wildman–Crippen LogP) is 1.79. The van der Waals surface area contributed by atoms with Crippen LogP contribution in [0.4, 0.5) is 0 Å². The van der Waals surface area contributed by atoms with Gasteiger partial charge in [0, 0.05) is 31.6 Å². The molecule has 0 spiro atoms. The fourth-order valence-corrected chi connectivity index (χ4v) is 3.00. The minimum atomic E-state index is 0.123. The van der Waals surface area contributed by atoms with Gasteiger partial charge in [-0.1, -0.05) is 13.8 Å². The van der Waals surface area contributed by atoms with E-state index in [4.69, 9.17) is 4.74 Å². The van der Waals surface area contributed by atoms with Crippen molar-refractivity contribution >= 4 is 5.91 Å². The number of ether oxygens (including phenoxy) is 1. The van der Waals surface area contributed by atoms with Gasteiger partial charge >= 0.3 is 0 Å². The van der Waals surface area contributed by atoms with Gasteiger partial charge in [-0.15, -0.1) is 0 Å². The van der Waals surface area contributed by atoms with Gasteiger partial charge < -0.3 is 15.0 Å². The Bertz CT molecular complexity index is 299. The second kappa shape index (κ2) is 6.71. The van der Waals surface area contributed by atoms with Crippen molar-refractivity contribution in [1.29, 1.82) is 0 Å². The second-order valence-corrected chi connectivity index (χ2v) is 6.31. The van der Waals surface area contributed by atoms with E-state index < -0.39 is 0 Å². The summed E-state index contributed by atoms with van der Waals surface area (Å²) in [5.41, 5.74) is 0. The van der Waals surface area contributed by atoms with Gasteiger partial charge in [0.1, 0.15) is 0 Å². The third-order valence-corrected chi connectivity index (χ3v) is 4.25. The molecule has 0 radical (unpaired) electrons. The van der Waals surface area contributed by atoms with Crippen LogP contribution in [0.25, 0.3) is 0 Å². The van der Waals surface area contributed by atoms with E-state index in [-0.39, 0.29) is 5.92 Å². The molecule has 19 heavy (non-hydrogen) atoms. The third-order valence-electron chi connectivity index (χ3n) is 4.25. The molecule has 4 heteroatoms. The molecule has 2 heterocycles. The van der Waals surface area contributed by atoms with Crippen molar-refractivity contribution in [1.82, 2.24) is 10.2 Å². The molecule has 2 aliphatic heterocycles. The molecule has 0 aromatic carbocycles. The van der Waals surface area contributed by atoms with Crippen LogP contribution in [0.5, 0.6) is 0 Å². The summed E-state index contributed by atoms with van der Waals surface area (Å²) < 4.78 is 5.82. The number of carbonyl (C=O) groups is 1. The van der Waals surface area contributed by atoms with Gasteiger partial charge in [-0.3, -0.25) is 4.79 Å². The Morgan fingerprint density at radius 1 is 1.26 bits per heavy atom. The lowest BCUT2D eigenvalue weighted by Gasteiger charge is -2.34. The first-order valence-corrected chi connectivity index (χ1v) is 7.74. The smallest absolute Gasteiger partial charge is 0.225 e. The molecule has 1 amide bonds. The summed E-state index contributed by atoms with van der Waals surface area (Å²) in [7, 11) is 0. The standard InChI is InChI=1S/C15H28N2O2/c1-11(2)15(18)17-8-6-13(7-9-17)16-10-14-5-4-12(3)19-14/h11-14,16H,4-10H2,1-3H3. The van der Waals surface area contributed by atoms with Crippen molar-refractivity contribution in [2.24, 2.45) is 5.92 Å². The predicted molar refractivity (Wildman–Crippen MR) is 76.0 cm³/mol. The first kappa shape index (κ1) is 14.8. The molecule has 2 unspecified atom stereocenters. The highest BCUT2D eigenvalue weighted by atomic mass is 16.5. The monoisotopic (exact) mass is 268 g/mol. The maximum Gasteiger partial charge on any atom is 0.225 e. The van der Waals surface area contributed by atoms with Gasteiger partial charge in [0.25, 0.3) is 0 Å². The highest BCUT2D eigenvalue weighted by Gasteiger charge is 2.26. The van der Waals surface area contributed by atoms with Crippen LogP contribution in [0.2, 0.25) is 0 Å². The van der Waals surface area contributed by atoms with E-state index in [1.165, 1.54) is 12.8 Å². The summed E-state index contributed by atoms with van der Waals surface area (Å²) in [6.45, 7) is 8.87. The van der Waals surface area contributed by atoms with Crippen LogP contribution in [-0.2, 0) is 9.53 Å². The Labute approximate surface area is 116 Å². The van der Waals surface area contributed by atoms with Crippen molar-refractivity contribution in [3.63, 3.8) is 0 Å². The van der Waals surface area contributed by atoms with Gasteiger partial charge in [-0.05, 0) is 32.6 Å². The lowest BCUT2D eigenvalue weighted by Crippen LogP contribution is -2.47. The van der Waals surface area contributed by atoms with Gasteiger partial charge in [0.05, 0.1) is 12.2 Å². The number of carbonyl (C=O) groups excluding carboxylic acids is 1. The summed E-state index contributed by atoms with van der Waals surface area (Å²) in [5, 5.41) is 3.61. The average molecular weight is 268 g/mol. The molecule has 0 aromatic heterocycles. The van der Waals surface area contributed by atoms with Crippen molar-refractivity contribution < 1.29 is 9.53 Å².